The number of anilines is 1. The van der Waals surface area contributed by atoms with E-state index in [2.05, 4.69) is 21.3 Å². The number of pyridine rings is 1. The fourth-order valence-electron chi connectivity index (χ4n) is 2.56. The summed E-state index contributed by atoms with van der Waals surface area (Å²) in [7, 11) is 1.75. The van der Waals surface area contributed by atoms with Crippen molar-refractivity contribution in [2.24, 2.45) is 5.92 Å². The minimum absolute atomic E-state index is 0.648. The van der Waals surface area contributed by atoms with Crippen LogP contribution in [0.4, 0.5) is 5.82 Å². The minimum atomic E-state index is 0.648. The van der Waals surface area contributed by atoms with Gasteiger partial charge in [-0.1, -0.05) is 0 Å². The molecular formula is C15H22N4O. The molecule has 1 unspecified atom stereocenters. The fourth-order valence-corrected chi connectivity index (χ4v) is 2.56. The van der Waals surface area contributed by atoms with Gasteiger partial charge in [0.2, 0.25) is 0 Å². The molecule has 108 valence electrons. The van der Waals surface area contributed by atoms with Crippen molar-refractivity contribution in [2.45, 2.75) is 12.8 Å². The molecule has 5 heteroatoms. The summed E-state index contributed by atoms with van der Waals surface area (Å²) in [5.74, 6) is 1.45. The molecule has 0 aliphatic carbocycles. The number of rotatable bonds is 7. The molecular weight excluding hydrogens is 252 g/mol. The van der Waals surface area contributed by atoms with E-state index in [4.69, 9.17) is 10.00 Å². The number of hydrogen-bond donors (Lipinski definition) is 1. The third-order valence-electron chi connectivity index (χ3n) is 3.65. The molecule has 0 amide bonds. The van der Waals surface area contributed by atoms with Crippen molar-refractivity contribution in [3.63, 3.8) is 0 Å². The Bertz CT molecular complexity index is 457. The first kappa shape index (κ1) is 14.8. The summed E-state index contributed by atoms with van der Waals surface area (Å²) in [6, 6.07) is 5.65. The maximum atomic E-state index is 8.86. The van der Waals surface area contributed by atoms with Crippen molar-refractivity contribution < 1.29 is 4.74 Å². The zero-order valence-corrected chi connectivity index (χ0v) is 12.0. The second-order valence-corrected chi connectivity index (χ2v) is 5.22. The summed E-state index contributed by atoms with van der Waals surface area (Å²) in [5, 5.41) is 12.2. The van der Waals surface area contributed by atoms with Gasteiger partial charge in [0.15, 0.2) is 0 Å². The number of aromatic nitrogens is 1. The highest BCUT2D eigenvalue weighted by atomic mass is 16.5. The third-order valence-corrected chi connectivity index (χ3v) is 3.65. The maximum absolute atomic E-state index is 8.86. The van der Waals surface area contributed by atoms with Gasteiger partial charge in [0.1, 0.15) is 5.82 Å². The summed E-state index contributed by atoms with van der Waals surface area (Å²) in [6.07, 6.45) is 3.99. The van der Waals surface area contributed by atoms with E-state index in [9.17, 15) is 0 Å². The van der Waals surface area contributed by atoms with Gasteiger partial charge in [0, 0.05) is 39.5 Å². The summed E-state index contributed by atoms with van der Waals surface area (Å²) in [4.78, 5) is 6.73. The Balaban J connectivity index is 1.71. The number of hydrogen-bond acceptors (Lipinski definition) is 5. The van der Waals surface area contributed by atoms with E-state index in [1.165, 1.54) is 13.0 Å². The summed E-state index contributed by atoms with van der Waals surface area (Å²) < 4.78 is 5.08. The van der Waals surface area contributed by atoms with Gasteiger partial charge >= 0.3 is 0 Å². The van der Waals surface area contributed by atoms with Gasteiger partial charge in [0.25, 0.3) is 0 Å². The van der Waals surface area contributed by atoms with E-state index in [-0.39, 0.29) is 0 Å². The van der Waals surface area contributed by atoms with Crippen molar-refractivity contribution in [3.05, 3.63) is 23.9 Å². The number of nitriles is 1. The maximum Gasteiger partial charge on any atom is 0.127 e. The quantitative estimate of drug-likeness (QED) is 0.767. The molecule has 0 radical (unpaired) electrons. The molecule has 1 aromatic heterocycles. The van der Waals surface area contributed by atoms with Gasteiger partial charge in [0.05, 0.1) is 11.6 Å². The Morgan fingerprint density at radius 2 is 2.50 bits per heavy atom. The van der Waals surface area contributed by atoms with Crippen molar-refractivity contribution in [1.29, 1.82) is 5.26 Å². The van der Waals surface area contributed by atoms with Crippen LogP contribution in [0.5, 0.6) is 0 Å². The molecule has 5 nitrogen and oxygen atoms in total. The number of nitrogens with zero attached hydrogens (tertiary/aromatic N) is 3. The highest BCUT2D eigenvalue weighted by molar-refractivity contribution is 5.42. The topological polar surface area (TPSA) is 61.2 Å². The van der Waals surface area contributed by atoms with Crippen LogP contribution in [0.2, 0.25) is 0 Å². The molecule has 0 bridgehead atoms. The van der Waals surface area contributed by atoms with Gasteiger partial charge in [-0.15, -0.1) is 0 Å². The lowest BCUT2D eigenvalue weighted by Crippen LogP contribution is -2.24. The third kappa shape index (κ3) is 4.48. The molecule has 1 aliphatic rings. The molecule has 0 aromatic carbocycles. The van der Waals surface area contributed by atoms with Gasteiger partial charge in [-0.3, -0.25) is 0 Å². The highest BCUT2D eigenvalue weighted by Crippen LogP contribution is 2.17. The molecule has 2 rings (SSSR count). The molecule has 1 fully saturated rings. The van der Waals surface area contributed by atoms with Gasteiger partial charge in [-0.25, -0.2) is 4.98 Å². The van der Waals surface area contributed by atoms with Crippen LogP contribution < -0.4 is 5.32 Å². The predicted molar refractivity (Wildman–Crippen MR) is 78.5 cm³/mol. The summed E-state index contributed by atoms with van der Waals surface area (Å²) >= 11 is 0. The predicted octanol–water partition coefficient (Wildman–Crippen LogP) is 1.72. The fraction of sp³-hybridized carbons (Fsp3) is 0.600. The van der Waals surface area contributed by atoms with Crippen molar-refractivity contribution in [1.82, 2.24) is 9.88 Å². The second kappa shape index (κ2) is 7.83. The molecule has 2 heterocycles. The van der Waals surface area contributed by atoms with Gasteiger partial charge < -0.3 is 15.0 Å². The zero-order chi connectivity index (χ0) is 14.2. The van der Waals surface area contributed by atoms with E-state index < -0.39 is 0 Å². The summed E-state index contributed by atoms with van der Waals surface area (Å²) in [6.45, 7) is 5.18. The minimum Gasteiger partial charge on any atom is -0.385 e. The van der Waals surface area contributed by atoms with Crippen LogP contribution in [0, 0.1) is 17.2 Å². The summed E-state index contributed by atoms with van der Waals surface area (Å²) in [5.41, 5.74) is 0.648. The van der Waals surface area contributed by atoms with E-state index in [1.807, 2.05) is 0 Å². The SMILES string of the molecule is COCCCN1CCC(CNc2cc(C#N)ccn2)C1. The Hall–Kier alpha value is -1.64. The van der Waals surface area contributed by atoms with Crippen LogP contribution in [0.25, 0.3) is 0 Å². The van der Waals surface area contributed by atoms with Crippen LogP contribution in [0.1, 0.15) is 18.4 Å². The highest BCUT2D eigenvalue weighted by Gasteiger charge is 2.21. The first-order valence-corrected chi connectivity index (χ1v) is 7.13. The van der Waals surface area contributed by atoms with Crippen LogP contribution in [0.3, 0.4) is 0 Å². The molecule has 1 aliphatic heterocycles. The van der Waals surface area contributed by atoms with E-state index in [1.54, 1.807) is 25.4 Å². The molecule has 1 atom stereocenters. The van der Waals surface area contributed by atoms with Crippen molar-refractivity contribution in [3.8, 4) is 6.07 Å². The average molecular weight is 274 g/mol. The Morgan fingerprint density at radius 3 is 3.30 bits per heavy atom. The van der Waals surface area contributed by atoms with Crippen molar-refractivity contribution >= 4 is 5.82 Å². The zero-order valence-electron chi connectivity index (χ0n) is 12.0. The van der Waals surface area contributed by atoms with Crippen molar-refractivity contribution in [2.75, 3.05) is 45.2 Å². The standard InChI is InChI=1S/C15H22N4O/c1-20-8-2-6-19-7-4-14(12-19)11-18-15-9-13(10-16)3-5-17-15/h3,5,9,14H,2,4,6-8,11-12H2,1H3,(H,17,18). The van der Waals surface area contributed by atoms with Crippen LogP contribution in [-0.2, 0) is 4.74 Å². The Labute approximate surface area is 120 Å². The first-order chi connectivity index (χ1) is 9.81. The van der Waals surface area contributed by atoms with Crippen LogP contribution in [-0.4, -0.2) is 49.8 Å². The number of ether oxygens (including phenoxy) is 1. The van der Waals surface area contributed by atoms with E-state index >= 15 is 0 Å². The lowest BCUT2D eigenvalue weighted by atomic mass is 10.1. The normalized spacial score (nSPS) is 18.9. The number of methoxy groups -OCH3 is 1. The monoisotopic (exact) mass is 274 g/mol. The van der Waals surface area contributed by atoms with E-state index in [0.29, 0.717) is 11.5 Å². The molecule has 1 N–H and O–H groups in total. The number of nitrogens with one attached hydrogen (secondary N) is 1. The Kier molecular flexibility index (Phi) is 5.78. The van der Waals surface area contributed by atoms with Gasteiger partial charge in [-0.2, -0.15) is 5.26 Å². The molecule has 1 saturated heterocycles. The number of likely N-dealkylation sites (tertiary alicyclic amines) is 1. The van der Waals surface area contributed by atoms with Crippen LogP contribution in [0.15, 0.2) is 18.3 Å². The van der Waals surface area contributed by atoms with E-state index in [0.717, 1.165) is 38.5 Å². The molecule has 1 aromatic rings. The second-order valence-electron chi connectivity index (χ2n) is 5.22. The lowest BCUT2D eigenvalue weighted by Gasteiger charge is -2.16. The first-order valence-electron chi connectivity index (χ1n) is 7.13. The molecule has 20 heavy (non-hydrogen) atoms. The smallest absolute Gasteiger partial charge is 0.127 e. The van der Waals surface area contributed by atoms with Gasteiger partial charge in [-0.05, 0) is 37.4 Å². The lowest BCUT2D eigenvalue weighted by molar-refractivity contribution is 0.178. The largest absolute Gasteiger partial charge is 0.385 e. The van der Waals surface area contributed by atoms with Crippen LogP contribution >= 0.6 is 0 Å². The molecule has 0 saturated carbocycles. The average Bonchev–Trinajstić information content (AvgIpc) is 2.94. The Morgan fingerprint density at radius 1 is 1.60 bits per heavy atom. The molecule has 0 spiro atoms.